The van der Waals surface area contributed by atoms with Crippen molar-refractivity contribution in [3.05, 3.63) is 24.0 Å². The quantitative estimate of drug-likeness (QED) is 0.551. The molecule has 1 aromatic heterocycles. The van der Waals surface area contributed by atoms with Crippen molar-refractivity contribution in [2.45, 2.75) is 6.42 Å². The molecule has 4 heteroatoms. The third-order valence-electron chi connectivity index (χ3n) is 1.51. The SMILES string of the molecule is O=C(O)CNCCc1ccc[nH]1. The molecule has 0 fully saturated rings. The van der Waals surface area contributed by atoms with Crippen molar-refractivity contribution in [1.29, 1.82) is 0 Å². The van der Waals surface area contributed by atoms with Gasteiger partial charge in [0, 0.05) is 18.4 Å². The first-order chi connectivity index (χ1) is 5.79. The van der Waals surface area contributed by atoms with Crippen LogP contribution in [-0.2, 0) is 11.2 Å². The average Bonchev–Trinajstić information content (AvgIpc) is 2.49. The molecule has 0 radical (unpaired) electrons. The van der Waals surface area contributed by atoms with E-state index < -0.39 is 5.97 Å². The third kappa shape index (κ3) is 3.21. The second kappa shape index (κ2) is 4.56. The van der Waals surface area contributed by atoms with Gasteiger partial charge in [0.25, 0.3) is 0 Å². The highest BCUT2D eigenvalue weighted by molar-refractivity contribution is 5.68. The van der Waals surface area contributed by atoms with Gasteiger partial charge in [0.2, 0.25) is 0 Å². The number of H-pyrrole nitrogens is 1. The topological polar surface area (TPSA) is 65.1 Å². The highest BCUT2D eigenvalue weighted by atomic mass is 16.4. The van der Waals surface area contributed by atoms with Crippen molar-refractivity contribution >= 4 is 5.97 Å². The number of carboxylic acid groups (broad SMARTS) is 1. The minimum absolute atomic E-state index is 0.0285. The minimum Gasteiger partial charge on any atom is -0.480 e. The normalized spacial score (nSPS) is 10.0. The number of carbonyl (C=O) groups is 1. The van der Waals surface area contributed by atoms with Gasteiger partial charge >= 0.3 is 5.97 Å². The summed E-state index contributed by atoms with van der Waals surface area (Å²) in [5.74, 6) is -0.818. The fourth-order valence-electron chi connectivity index (χ4n) is 0.941. The predicted molar refractivity (Wildman–Crippen MR) is 45.0 cm³/mol. The number of nitrogens with one attached hydrogen (secondary N) is 2. The van der Waals surface area contributed by atoms with Gasteiger partial charge in [-0.2, -0.15) is 0 Å². The Hall–Kier alpha value is -1.29. The number of hydrogen-bond acceptors (Lipinski definition) is 2. The van der Waals surface area contributed by atoms with Crippen LogP contribution in [0.1, 0.15) is 5.69 Å². The van der Waals surface area contributed by atoms with Crippen LogP contribution in [0, 0.1) is 0 Å². The maximum absolute atomic E-state index is 10.1. The molecule has 0 aliphatic carbocycles. The van der Waals surface area contributed by atoms with Gasteiger partial charge in [-0.1, -0.05) is 0 Å². The Bertz CT molecular complexity index is 231. The average molecular weight is 168 g/mol. The van der Waals surface area contributed by atoms with Crippen LogP contribution in [0.3, 0.4) is 0 Å². The summed E-state index contributed by atoms with van der Waals surface area (Å²) < 4.78 is 0. The van der Waals surface area contributed by atoms with Crippen LogP contribution in [0.4, 0.5) is 0 Å². The summed E-state index contributed by atoms with van der Waals surface area (Å²) in [5.41, 5.74) is 1.12. The zero-order valence-electron chi connectivity index (χ0n) is 6.71. The first-order valence-corrected chi connectivity index (χ1v) is 3.84. The summed E-state index contributed by atoms with van der Waals surface area (Å²) in [6, 6.07) is 3.90. The van der Waals surface area contributed by atoms with Crippen LogP contribution in [0.5, 0.6) is 0 Å². The van der Waals surface area contributed by atoms with Crippen LogP contribution in [-0.4, -0.2) is 29.1 Å². The Balaban J connectivity index is 2.07. The van der Waals surface area contributed by atoms with Gasteiger partial charge in [-0.15, -0.1) is 0 Å². The van der Waals surface area contributed by atoms with Gasteiger partial charge < -0.3 is 15.4 Å². The van der Waals surface area contributed by atoms with E-state index in [-0.39, 0.29) is 6.54 Å². The van der Waals surface area contributed by atoms with Gasteiger partial charge in [-0.05, 0) is 18.6 Å². The largest absolute Gasteiger partial charge is 0.480 e. The maximum atomic E-state index is 10.1. The maximum Gasteiger partial charge on any atom is 0.317 e. The van der Waals surface area contributed by atoms with E-state index in [9.17, 15) is 4.79 Å². The molecule has 0 saturated carbocycles. The summed E-state index contributed by atoms with van der Waals surface area (Å²) in [6.07, 6.45) is 2.69. The van der Waals surface area contributed by atoms with E-state index in [4.69, 9.17) is 5.11 Å². The lowest BCUT2D eigenvalue weighted by atomic mass is 10.3. The first-order valence-electron chi connectivity index (χ1n) is 3.84. The Morgan fingerprint density at radius 2 is 2.50 bits per heavy atom. The zero-order chi connectivity index (χ0) is 8.81. The smallest absolute Gasteiger partial charge is 0.317 e. The molecular formula is C8H12N2O2. The lowest BCUT2D eigenvalue weighted by Gasteiger charge is -1.98. The van der Waals surface area contributed by atoms with E-state index in [1.165, 1.54) is 0 Å². The first kappa shape index (κ1) is 8.80. The second-order valence-electron chi connectivity index (χ2n) is 2.52. The van der Waals surface area contributed by atoms with Crippen molar-refractivity contribution in [3.8, 4) is 0 Å². The third-order valence-corrected chi connectivity index (χ3v) is 1.51. The molecule has 0 saturated heterocycles. The van der Waals surface area contributed by atoms with E-state index in [1.54, 1.807) is 0 Å². The number of carboxylic acids is 1. The van der Waals surface area contributed by atoms with E-state index in [1.807, 2.05) is 18.3 Å². The molecular weight excluding hydrogens is 156 g/mol. The molecule has 0 atom stereocenters. The Kier molecular flexibility index (Phi) is 3.35. The summed E-state index contributed by atoms with van der Waals surface area (Å²) in [4.78, 5) is 13.1. The van der Waals surface area contributed by atoms with Crippen LogP contribution in [0.25, 0.3) is 0 Å². The Labute approximate surface area is 70.6 Å². The molecule has 0 aromatic carbocycles. The van der Waals surface area contributed by atoms with Crippen LogP contribution < -0.4 is 5.32 Å². The molecule has 4 nitrogen and oxygen atoms in total. The van der Waals surface area contributed by atoms with Gasteiger partial charge in [-0.3, -0.25) is 4.79 Å². The van der Waals surface area contributed by atoms with Gasteiger partial charge in [0.1, 0.15) is 0 Å². The summed E-state index contributed by atoms with van der Waals surface area (Å²) in [6.45, 7) is 0.716. The highest BCUT2D eigenvalue weighted by Gasteiger charge is 1.95. The summed E-state index contributed by atoms with van der Waals surface area (Å²) >= 11 is 0. The molecule has 0 aliphatic heterocycles. The van der Waals surface area contributed by atoms with E-state index in [0.717, 1.165) is 12.1 Å². The van der Waals surface area contributed by atoms with Crippen molar-refractivity contribution in [2.24, 2.45) is 0 Å². The molecule has 0 unspecified atom stereocenters. The molecule has 66 valence electrons. The predicted octanol–water partition coefficient (Wildman–Crippen LogP) is 0.231. The Morgan fingerprint density at radius 1 is 1.67 bits per heavy atom. The van der Waals surface area contributed by atoms with Crippen LogP contribution >= 0.6 is 0 Å². The standard InChI is InChI=1S/C8H12N2O2/c11-8(12)6-9-5-3-7-2-1-4-10-7/h1-2,4,9-10H,3,5-6H2,(H,11,12). The molecule has 1 rings (SSSR count). The molecule has 0 spiro atoms. The molecule has 12 heavy (non-hydrogen) atoms. The molecule has 3 N–H and O–H groups in total. The van der Waals surface area contributed by atoms with Crippen molar-refractivity contribution in [1.82, 2.24) is 10.3 Å². The Morgan fingerprint density at radius 3 is 3.08 bits per heavy atom. The van der Waals surface area contributed by atoms with Crippen LogP contribution in [0.2, 0.25) is 0 Å². The molecule has 0 bridgehead atoms. The highest BCUT2D eigenvalue weighted by Crippen LogP contribution is 1.93. The van der Waals surface area contributed by atoms with Crippen molar-refractivity contribution in [3.63, 3.8) is 0 Å². The number of hydrogen-bond donors (Lipinski definition) is 3. The number of aromatic amines is 1. The summed E-state index contributed by atoms with van der Waals surface area (Å²) in [7, 11) is 0. The lowest BCUT2D eigenvalue weighted by molar-refractivity contribution is -0.135. The van der Waals surface area contributed by atoms with E-state index in [2.05, 4.69) is 10.3 Å². The monoisotopic (exact) mass is 168 g/mol. The lowest BCUT2D eigenvalue weighted by Crippen LogP contribution is -2.24. The molecule has 0 aliphatic rings. The number of rotatable bonds is 5. The minimum atomic E-state index is -0.818. The van der Waals surface area contributed by atoms with Gasteiger partial charge in [-0.25, -0.2) is 0 Å². The summed E-state index contributed by atoms with van der Waals surface area (Å²) in [5, 5.41) is 11.1. The molecule has 1 aromatic rings. The number of aromatic nitrogens is 1. The number of aliphatic carboxylic acids is 1. The van der Waals surface area contributed by atoms with Gasteiger partial charge in [0.05, 0.1) is 6.54 Å². The van der Waals surface area contributed by atoms with Crippen molar-refractivity contribution in [2.75, 3.05) is 13.1 Å². The molecule has 0 amide bonds. The van der Waals surface area contributed by atoms with E-state index in [0.29, 0.717) is 6.54 Å². The van der Waals surface area contributed by atoms with Crippen molar-refractivity contribution < 1.29 is 9.90 Å². The molecule has 1 heterocycles. The zero-order valence-corrected chi connectivity index (χ0v) is 6.71. The second-order valence-corrected chi connectivity index (χ2v) is 2.52. The van der Waals surface area contributed by atoms with Gasteiger partial charge in [0.15, 0.2) is 0 Å². The fourth-order valence-corrected chi connectivity index (χ4v) is 0.941. The fraction of sp³-hybridized carbons (Fsp3) is 0.375. The van der Waals surface area contributed by atoms with Crippen LogP contribution in [0.15, 0.2) is 18.3 Å². The van der Waals surface area contributed by atoms with E-state index >= 15 is 0 Å².